The van der Waals surface area contributed by atoms with Crippen molar-refractivity contribution in [3.63, 3.8) is 0 Å². The highest BCUT2D eigenvalue weighted by atomic mass is 16.5. The zero-order valence-electron chi connectivity index (χ0n) is 14.0. The smallest absolute Gasteiger partial charge is 0.251 e. The number of amides is 2. The minimum absolute atomic E-state index is 0.0257. The van der Waals surface area contributed by atoms with E-state index in [1.165, 1.54) is 0 Å². The van der Waals surface area contributed by atoms with Crippen LogP contribution in [-0.4, -0.2) is 41.3 Å². The van der Waals surface area contributed by atoms with Crippen molar-refractivity contribution in [2.24, 2.45) is 0 Å². The number of carbonyl (C=O) groups excluding carboxylic acids is 2. The molecular formula is C19H21N3O3. The van der Waals surface area contributed by atoms with E-state index in [1.807, 2.05) is 12.1 Å². The SMILES string of the molecule is O=C(NCC(=O)N1CCCC1)c1ccc(OCc2cccnc2)cc1. The summed E-state index contributed by atoms with van der Waals surface area (Å²) in [5.41, 5.74) is 1.48. The highest BCUT2D eigenvalue weighted by Crippen LogP contribution is 2.14. The highest BCUT2D eigenvalue weighted by molar-refractivity contribution is 5.96. The summed E-state index contributed by atoms with van der Waals surface area (Å²) in [4.78, 5) is 29.9. The van der Waals surface area contributed by atoms with E-state index in [0.29, 0.717) is 17.9 Å². The summed E-state index contributed by atoms with van der Waals surface area (Å²) in [5.74, 6) is 0.391. The van der Waals surface area contributed by atoms with E-state index in [1.54, 1.807) is 41.6 Å². The molecule has 130 valence electrons. The molecule has 1 N–H and O–H groups in total. The van der Waals surface area contributed by atoms with E-state index in [9.17, 15) is 9.59 Å². The molecular weight excluding hydrogens is 318 g/mol. The van der Waals surface area contributed by atoms with Gasteiger partial charge in [0.1, 0.15) is 12.4 Å². The molecule has 1 aliphatic rings. The van der Waals surface area contributed by atoms with E-state index >= 15 is 0 Å². The van der Waals surface area contributed by atoms with Gasteiger partial charge in [-0.25, -0.2) is 0 Å². The topological polar surface area (TPSA) is 71.5 Å². The number of carbonyl (C=O) groups is 2. The van der Waals surface area contributed by atoms with Crippen LogP contribution >= 0.6 is 0 Å². The van der Waals surface area contributed by atoms with Crippen molar-refractivity contribution in [3.05, 3.63) is 59.9 Å². The largest absolute Gasteiger partial charge is 0.489 e. The molecule has 0 radical (unpaired) electrons. The molecule has 1 fully saturated rings. The third-order valence-corrected chi connectivity index (χ3v) is 4.10. The summed E-state index contributed by atoms with van der Waals surface area (Å²) >= 11 is 0. The highest BCUT2D eigenvalue weighted by Gasteiger charge is 2.18. The number of likely N-dealkylation sites (tertiary alicyclic amines) is 1. The van der Waals surface area contributed by atoms with Gasteiger partial charge in [-0.2, -0.15) is 0 Å². The molecule has 0 unspecified atom stereocenters. The number of benzene rings is 1. The first-order chi connectivity index (χ1) is 12.2. The van der Waals surface area contributed by atoms with Crippen LogP contribution in [0.2, 0.25) is 0 Å². The molecule has 3 rings (SSSR count). The van der Waals surface area contributed by atoms with Crippen molar-refractivity contribution in [1.82, 2.24) is 15.2 Å². The average molecular weight is 339 g/mol. The minimum Gasteiger partial charge on any atom is -0.489 e. The van der Waals surface area contributed by atoms with E-state index < -0.39 is 0 Å². The second-order valence-corrected chi connectivity index (χ2v) is 5.94. The van der Waals surface area contributed by atoms with Gasteiger partial charge in [-0.05, 0) is 43.2 Å². The Morgan fingerprint density at radius 3 is 2.56 bits per heavy atom. The normalized spacial score (nSPS) is 13.5. The fraction of sp³-hybridized carbons (Fsp3) is 0.316. The van der Waals surface area contributed by atoms with E-state index in [2.05, 4.69) is 10.3 Å². The Bertz CT molecular complexity index is 710. The van der Waals surface area contributed by atoms with Gasteiger partial charge in [0.05, 0.1) is 6.54 Å². The number of nitrogens with one attached hydrogen (secondary N) is 1. The van der Waals surface area contributed by atoms with Crippen LogP contribution in [0.4, 0.5) is 0 Å². The number of hydrogen-bond acceptors (Lipinski definition) is 4. The number of nitrogens with zero attached hydrogens (tertiary/aromatic N) is 2. The third kappa shape index (κ3) is 4.79. The van der Waals surface area contributed by atoms with E-state index in [0.717, 1.165) is 31.5 Å². The van der Waals surface area contributed by atoms with E-state index in [4.69, 9.17) is 4.74 Å². The van der Waals surface area contributed by atoms with Gasteiger partial charge in [0.25, 0.3) is 5.91 Å². The molecule has 6 heteroatoms. The van der Waals surface area contributed by atoms with Gasteiger partial charge in [0.2, 0.25) is 5.91 Å². The number of hydrogen-bond donors (Lipinski definition) is 1. The maximum absolute atomic E-state index is 12.1. The molecule has 0 aliphatic carbocycles. The van der Waals surface area contributed by atoms with Crippen LogP contribution in [0, 0.1) is 0 Å². The van der Waals surface area contributed by atoms with Crippen molar-refractivity contribution < 1.29 is 14.3 Å². The Kier molecular flexibility index (Phi) is 5.61. The molecule has 0 saturated carbocycles. The van der Waals surface area contributed by atoms with Crippen molar-refractivity contribution in [2.45, 2.75) is 19.4 Å². The van der Waals surface area contributed by atoms with E-state index in [-0.39, 0.29) is 18.4 Å². The predicted molar refractivity (Wildman–Crippen MR) is 93.2 cm³/mol. The first-order valence-electron chi connectivity index (χ1n) is 8.40. The summed E-state index contributed by atoms with van der Waals surface area (Å²) in [5, 5.41) is 2.67. The van der Waals surface area contributed by atoms with Crippen LogP contribution in [-0.2, 0) is 11.4 Å². The lowest BCUT2D eigenvalue weighted by Gasteiger charge is -2.15. The zero-order valence-corrected chi connectivity index (χ0v) is 14.0. The van der Waals surface area contributed by atoms with Crippen LogP contribution in [0.3, 0.4) is 0 Å². The lowest BCUT2D eigenvalue weighted by Crippen LogP contribution is -2.38. The van der Waals surface area contributed by atoms with Crippen LogP contribution in [0.1, 0.15) is 28.8 Å². The summed E-state index contributed by atoms with van der Waals surface area (Å²) in [6.45, 7) is 2.04. The molecule has 1 aromatic heterocycles. The maximum Gasteiger partial charge on any atom is 0.251 e. The Hall–Kier alpha value is -2.89. The second kappa shape index (κ2) is 8.28. The van der Waals surface area contributed by atoms with Gasteiger partial charge in [-0.15, -0.1) is 0 Å². The lowest BCUT2D eigenvalue weighted by molar-refractivity contribution is -0.129. The third-order valence-electron chi connectivity index (χ3n) is 4.10. The first kappa shape index (κ1) is 17.0. The number of rotatable bonds is 6. The van der Waals surface area contributed by atoms with Crippen LogP contribution in [0.15, 0.2) is 48.8 Å². The fourth-order valence-corrected chi connectivity index (χ4v) is 2.69. The van der Waals surface area contributed by atoms with Gasteiger partial charge in [-0.1, -0.05) is 6.07 Å². The molecule has 25 heavy (non-hydrogen) atoms. The average Bonchev–Trinajstić information content (AvgIpc) is 3.20. The molecule has 1 saturated heterocycles. The molecule has 6 nitrogen and oxygen atoms in total. The fourth-order valence-electron chi connectivity index (χ4n) is 2.69. The molecule has 2 heterocycles. The maximum atomic E-state index is 12.1. The molecule has 1 aliphatic heterocycles. The monoisotopic (exact) mass is 339 g/mol. The van der Waals surface area contributed by atoms with Gasteiger partial charge >= 0.3 is 0 Å². The number of ether oxygens (including phenoxy) is 1. The summed E-state index contributed by atoms with van der Waals surface area (Å²) in [6.07, 6.45) is 5.55. The zero-order chi connectivity index (χ0) is 17.5. The van der Waals surface area contributed by atoms with Crippen molar-refractivity contribution in [1.29, 1.82) is 0 Å². The van der Waals surface area contributed by atoms with Gasteiger partial charge in [0.15, 0.2) is 0 Å². The Balaban J connectivity index is 1.47. The van der Waals surface area contributed by atoms with Crippen LogP contribution in [0.25, 0.3) is 0 Å². The Morgan fingerprint density at radius 2 is 1.88 bits per heavy atom. The molecule has 0 spiro atoms. The minimum atomic E-state index is -0.258. The standard InChI is InChI=1S/C19H21N3O3/c23-18(22-10-1-2-11-22)13-21-19(24)16-5-7-17(8-6-16)25-14-15-4-3-9-20-12-15/h3-9,12H,1-2,10-11,13-14H2,(H,21,24). The molecule has 0 atom stereocenters. The van der Waals surface area contributed by atoms with Gasteiger partial charge in [0, 0.05) is 36.6 Å². The Labute approximate surface area is 146 Å². The van der Waals surface area contributed by atoms with Crippen molar-refractivity contribution in [3.8, 4) is 5.75 Å². The molecule has 1 aromatic carbocycles. The molecule has 2 amide bonds. The summed E-state index contributed by atoms with van der Waals surface area (Å²) in [7, 11) is 0. The lowest BCUT2D eigenvalue weighted by atomic mass is 10.2. The molecule has 0 bridgehead atoms. The van der Waals surface area contributed by atoms with Gasteiger partial charge < -0.3 is 15.0 Å². The number of aromatic nitrogens is 1. The second-order valence-electron chi connectivity index (χ2n) is 5.94. The van der Waals surface area contributed by atoms with Crippen LogP contribution in [0.5, 0.6) is 5.75 Å². The quantitative estimate of drug-likeness (QED) is 0.874. The summed E-state index contributed by atoms with van der Waals surface area (Å²) in [6, 6.07) is 10.7. The van der Waals surface area contributed by atoms with Crippen LogP contribution < -0.4 is 10.1 Å². The van der Waals surface area contributed by atoms with Gasteiger partial charge in [-0.3, -0.25) is 14.6 Å². The van der Waals surface area contributed by atoms with Crippen molar-refractivity contribution >= 4 is 11.8 Å². The number of pyridine rings is 1. The summed E-state index contributed by atoms with van der Waals surface area (Å²) < 4.78 is 5.66. The van der Waals surface area contributed by atoms with Crippen molar-refractivity contribution in [2.75, 3.05) is 19.6 Å². The Morgan fingerprint density at radius 1 is 1.12 bits per heavy atom. The predicted octanol–water partition coefficient (Wildman–Crippen LogP) is 2.01. The first-order valence-corrected chi connectivity index (χ1v) is 8.40. The molecule has 2 aromatic rings.